The topological polar surface area (TPSA) is 51.8 Å². The molecule has 2 heterocycles. The number of hydrogen-bond acceptors (Lipinski definition) is 3. The van der Waals surface area contributed by atoms with E-state index in [0.29, 0.717) is 10.0 Å². The standard InChI is InChI=1S/C15H11BrFN3/c1-8-6-19-7-10-3-2-9(4-11(8)10)12-5-13(16)14(17)20-15(12)18/h2-7H,1H3,(H2,18,20). The summed E-state index contributed by atoms with van der Waals surface area (Å²) in [5.41, 5.74) is 8.51. The van der Waals surface area contributed by atoms with Gasteiger partial charge < -0.3 is 5.73 Å². The fraction of sp³-hybridized carbons (Fsp3) is 0.0667. The van der Waals surface area contributed by atoms with Crippen molar-refractivity contribution in [1.29, 1.82) is 0 Å². The number of halogens is 2. The Labute approximate surface area is 123 Å². The van der Waals surface area contributed by atoms with Gasteiger partial charge in [-0.3, -0.25) is 4.98 Å². The average Bonchev–Trinajstić information content (AvgIpc) is 2.43. The third-order valence-corrected chi connectivity index (χ3v) is 3.79. The molecule has 100 valence electrons. The molecule has 1 aromatic carbocycles. The van der Waals surface area contributed by atoms with Crippen LogP contribution in [0.25, 0.3) is 21.9 Å². The average molecular weight is 332 g/mol. The highest BCUT2D eigenvalue weighted by molar-refractivity contribution is 9.10. The third kappa shape index (κ3) is 2.14. The minimum absolute atomic E-state index is 0.178. The highest BCUT2D eigenvalue weighted by atomic mass is 79.9. The first-order valence-corrected chi connectivity index (χ1v) is 6.82. The van der Waals surface area contributed by atoms with Crippen LogP contribution < -0.4 is 5.73 Å². The number of nitrogens with zero attached hydrogens (tertiary/aromatic N) is 2. The number of benzene rings is 1. The van der Waals surface area contributed by atoms with Gasteiger partial charge in [-0.1, -0.05) is 12.1 Å². The molecule has 0 bridgehead atoms. The summed E-state index contributed by atoms with van der Waals surface area (Å²) in [6, 6.07) is 7.57. The van der Waals surface area contributed by atoms with Gasteiger partial charge in [0, 0.05) is 23.3 Å². The van der Waals surface area contributed by atoms with E-state index in [4.69, 9.17) is 5.73 Å². The van der Waals surface area contributed by atoms with Gasteiger partial charge in [0.2, 0.25) is 5.95 Å². The van der Waals surface area contributed by atoms with Crippen LogP contribution in [0.15, 0.2) is 41.1 Å². The molecule has 0 amide bonds. The van der Waals surface area contributed by atoms with Gasteiger partial charge in [-0.15, -0.1) is 0 Å². The van der Waals surface area contributed by atoms with Gasteiger partial charge in [0.05, 0.1) is 4.47 Å². The van der Waals surface area contributed by atoms with E-state index in [1.54, 1.807) is 6.07 Å². The summed E-state index contributed by atoms with van der Waals surface area (Å²) >= 11 is 3.14. The molecule has 2 aromatic heterocycles. The summed E-state index contributed by atoms with van der Waals surface area (Å²) in [6.07, 6.45) is 3.63. The van der Waals surface area contributed by atoms with Crippen LogP contribution in [0, 0.1) is 12.9 Å². The van der Waals surface area contributed by atoms with Gasteiger partial charge in [0.1, 0.15) is 5.82 Å². The van der Waals surface area contributed by atoms with E-state index in [1.807, 2.05) is 37.5 Å². The van der Waals surface area contributed by atoms with Crippen LogP contribution in [0.1, 0.15) is 5.56 Å². The smallest absolute Gasteiger partial charge is 0.229 e. The molecule has 5 heteroatoms. The molecular weight excluding hydrogens is 321 g/mol. The monoisotopic (exact) mass is 331 g/mol. The quantitative estimate of drug-likeness (QED) is 0.683. The molecule has 0 spiro atoms. The first-order valence-electron chi connectivity index (χ1n) is 6.02. The number of rotatable bonds is 1. The van der Waals surface area contributed by atoms with Gasteiger partial charge in [0.15, 0.2) is 0 Å². The Hall–Kier alpha value is -2.01. The van der Waals surface area contributed by atoms with E-state index in [2.05, 4.69) is 25.9 Å². The number of aromatic nitrogens is 2. The zero-order chi connectivity index (χ0) is 14.3. The van der Waals surface area contributed by atoms with E-state index in [-0.39, 0.29) is 5.82 Å². The molecule has 0 radical (unpaired) electrons. The first-order chi connectivity index (χ1) is 9.56. The third-order valence-electron chi connectivity index (χ3n) is 3.23. The minimum atomic E-state index is -0.604. The summed E-state index contributed by atoms with van der Waals surface area (Å²) in [5, 5.41) is 2.15. The summed E-state index contributed by atoms with van der Waals surface area (Å²) in [5.74, 6) is -0.427. The zero-order valence-electron chi connectivity index (χ0n) is 10.7. The summed E-state index contributed by atoms with van der Waals surface area (Å²) in [7, 11) is 0. The van der Waals surface area contributed by atoms with Crippen LogP contribution in [-0.4, -0.2) is 9.97 Å². The van der Waals surface area contributed by atoms with Crippen molar-refractivity contribution in [2.75, 3.05) is 5.73 Å². The lowest BCUT2D eigenvalue weighted by molar-refractivity contribution is 0.579. The number of aryl methyl sites for hydroxylation is 1. The molecule has 0 atom stereocenters. The second-order valence-corrected chi connectivity index (χ2v) is 5.44. The Balaban J connectivity index is 2.25. The molecule has 0 aliphatic carbocycles. The lowest BCUT2D eigenvalue weighted by atomic mass is 10.0. The molecule has 0 aliphatic rings. The predicted molar refractivity (Wildman–Crippen MR) is 81.8 cm³/mol. The first kappa shape index (κ1) is 13.0. The summed E-state index contributed by atoms with van der Waals surface area (Å²) < 4.78 is 13.6. The molecule has 0 saturated carbocycles. The second kappa shape index (κ2) is 4.83. The molecule has 0 aliphatic heterocycles. The highest BCUT2D eigenvalue weighted by Gasteiger charge is 2.10. The number of nitrogen functional groups attached to an aromatic ring is 1. The van der Waals surface area contributed by atoms with Crippen LogP contribution in [0.5, 0.6) is 0 Å². The number of nitrogens with two attached hydrogens (primary N) is 1. The fourth-order valence-corrected chi connectivity index (χ4v) is 2.51. The maximum absolute atomic E-state index is 13.3. The molecular formula is C15H11BrFN3. The van der Waals surface area contributed by atoms with Gasteiger partial charge in [-0.2, -0.15) is 4.39 Å². The van der Waals surface area contributed by atoms with Gasteiger partial charge in [-0.05, 0) is 51.5 Å². The number of anilines is 1. The molecule has 2 N–H and O–H groups in total. The van der Waals surface area contributed by atoms with Gasteiger partial charge >= 0.3 is 0 Å². The Morgan fingerprint density at radius 1 is 1.20 bits per heavy atom. The van der Waals surface area contributed by atoms with E-state index in [9.17, 15) is 4.39 Å². The zero-order valence-corrected chi connectivity index (χ0v) is 12.3. The normalized spacial score (nSPS) is 10.9. The van der Waals surface area contributed by atoms with E-state index in [0.717, 1.165) is 21.9 Å². The van der Waals surface area contributed by atoms with Crippen LogP contribution in [0.4, 0.5) is 10.2 Å². The van der Waals surface area contributed by atoms with Crippen molar-refractivity contribution < 1.29 is 4.39 Å². The summed E-state index contributed by atoms with van der Waals surface area (Å²) in [6.45, 7) is 2.00. The molecule has 0 fully saturated rings. The Kier molecular flexibility index (Phi) is 3.14. The van der Waals surface area contributed by atoms with Gasteiger partial charge in [0.25, 0.3) is 0 Å². The van der Waals surface area contributed by atoms with Crippen LogP contribution in [0.3, 0.4) is 0 Å². The van der Waals surface area contributed by atoms with Crippen molar-refractivity contribution in [3.8, 4) is 11.1 Å². The van der Waals surface area contributed by atoms with Crippen molar-refractivity contribution in [1.82, 2.24) is 9.97 Å². The number of fused-ring (bicyclic) bond motifs is 1. The van der Waals surface area contributed by atoms with Crippen molar-refractivity contribution in [3.63, 3.8) is 0 Å². The van der Waals surface area contributed by atoms with Crippen molar-refractivity contribution in [3.05, 3.63) is 52.6 Å². The maximum Gasteiger partial charge on any atom is 0.229 e. The van der Waals surface area contributed by atoms with Crippen LogP contribution in [0.2, 0.25) is 0 Å². The van der Waals surface area contributed by atoms with Crippen LogP contribution >= 0.6 is 15.9 Å². The highest BCUT2D eigenvalue weighted by Crippen LogP contribution is 2.31. The SMILES string of the molecule is Cc1cncc2ccc(-c3cc(Br)c(F)nc3N)cc12. The van der Waals surface area contributed by atoms with Crippen molar-refractivity contribution >= 4 is 32.5 Å². The largest absolute Gasteiger partial charge is 0.383 e. The molecule has 3 rings (SSSR count). The molecule has 3 nitrogen and oxygen atoms in total. The Bertz CT molecular complexity index is 818. The molecule has 0 saturated heterocycles. The van der Waals surface area contributed by atoms with Gasteiger partial charge in [-0.25, -0.2) is 4.98 Å². The molecule has 20 heavy (non-hydrogen) atoms. The Morgan fingerprint density at radius 3 is 2.80 bits per heavy atom. The predicted octanol–water partition coefficient (Wildman–Crippen LogP) is 4.09. The number of hydrogen-bond donors (Lipinski definition) is 1. The molecule has 0 unspecified atom stereocenters. The minimum Gasteiger partial charge on any atom is -0.383 e. The van der Waals surface area contributed by atoms with Crippen molar-refractivity contribution in [2.45, 2.75) is 6.92 Å². The Morgan fingerprint density at radius 2 is 2.00 bits per heavy atom. The van der Waals surface area contributed by atoms with E-state index < -0.39 is 5.95 Å². The maximum atomic E-state index is 13.3. The molecule has 3 aromatic rings. The van der Waals surface area contributed by atoms with Crippen LogP contribution in [-0.2, 0) is 0 Å². The lowest BCUT2D eigenvalue weighted by Crippen LogP contribution is -1.97. The van der Waals surface area contributed by atoms with Crippen molar-refractivity contribution in [2.24, 2.45) is 0 Å². The fourth-order valence-electron chi connectivity index (χ4n) is 2.19. The number of pyridine rings is 2. The summed E-state index contributed by atoms with van der Waals surface area (Å²) in [4.78, 5) is 7.87. The second-order valence-electron chi connectivity index (χ2n) is 4.59. The lowest BCUT2D eigenvalue weighted by Gasteiger charge is -2.09. The van der Waals surface area contributed by atoms with E-state index in [1.165, 1.54) is 0 Å². The van der Waals surface area contributed by atoms with E-state index >= 15 is 0 Å².